The zero-order valence-corrected chi connectivity index (χ0v) is 18.0. The zero-order valence-electron chi connectivity index (χ0n) is 14.6. The summed E-state index contributed by atoms with van der Waals surface area (Å²) in [6, 6.07) is 0. The first kappa shape index (κ1) is 33.5. The summed E-state index contributed by atoms with van der Waals surface area (Å²) in [4.78, 5) is 9.34. The van der Waals surface area contributed by atoms with Crippen LogP contribution in [0.25, 0.3) is 0 Å². The van der Waals surface area contributed by atoms with Gasteiger partial charge in [-0.25, -0.2) is 0 Å². The molecule has 134 valence electrons. The minimum Gasteiger partial charge on any atom is -0.505 e. The first-order chi connectivity index (χ1) is 10.5. The molecule has 0 aromatic carbocycles. The van der Waals surface area contributed by atoms with Gasteiger partial charge in [0.25, 0.3) is 6.47 Å². The van der Waals surface area contributed by atoms with Gasteiger partial charge in [-0.1, -0.05) is 27.4 Å². The van der Waals surface area contributed by atoms with Gasteiger partial charge in [-0.05, 0) is 18.9 Å². The topological polar surface area (TPSA) is 35.5 Å². The third-order valence-corrected chi connectivity index (χ3v) is 4.31. The van der Waals surface area contributed by atoms with Crippen molar-refractivity contribution in [1.82, 2.24) is 0 Å². The summed E-state index contributed by atoms with van der Waals surface area (Å²) in [7, 11) is 1.56. The lowest BCUT2D eigenvalue weighted by Gasteiger charge is -1.97. The van der Waals surface area contributed by atoms with E-state index in [1.54, 1.807) is 30.6 Å². The first-order valence-corrected chi connectivity index (χ1v) is 9.79. The lowest BCUT2D eigenvalue weighted by Crippen LogP contribution is -1.86. The van der Waals surface area contributed by atoms with Crippen LogP contribution in [0.4, 0.5) is 0 Å². The third kappa shape index (κ3) is 50.2. The van der Waals surface area contributed by atoms with Gasteiger partial charge in [0, 0.05) is 0 Å². The maximum Gasteiger partial charge on any atom is 0.293 e. The molecular weight excluding hydrogens is 356 g/mol. The second-order valence-corrected chi connectivity index (χ2v) is 5.53. The smallest absolute Gasteiger partial charge is 0.293 e. The molecule has 0 aliphatic heterocycles. The van der Waals surface area contributed by atoms with Gasteiger partial charge in [-0.2, -0.15) is 0 Å². The lowest BCUT2D eigenvalue weighted by atomic mass is 10.5. The number of ether oxygens (including phenoxy) is 2. The molecule has 0 rings (SSSR count). The first-order valence-electron chi connectivity index (χ1n) is 6.44. The van der Waals surface area contributed by atoms with Crippen LogP contribution in [0.5, 0.6) is 0 Å². The molecule has 0 aromatic rings. The van der Waals surface area contributed by atoms with Crippen molar-refractivity contribution in [2.75, 3.05) is 26.2 Å². The number of hydrogen-bond acceptors (Lipinski definition) is 7. The van der Waals surface area contributed by atoms with Crippen molar-refractivity contribution >= 4 is 55.3 Å². The fraction of sp³-hybridized carbons (Fsp3) is 0.533. The van der Waals surface area contributed by atoms with Crippen LogP contribution < -0.4 is 0 Å². The van der Waals surface area contributed by atoms with E-state index in [0.29, 0.717) is 13.1 Å². The van der Waals surface area contributed by atoms with E-state index in [9.17, 15) is 4.79 Å². The lowest BCUT2D eigenvalue weighted by molar-refractivity contribution is -0.128. The fourth-order valence-electron chi connectivity index (χ4n) is 0.432. The van der Waals surface area contributed by atoms with Crippen molar-refractivity contribution in [2.24, 2.45) is 0 Å². The number of methoxy groups -OCH3 is 1. The van der Waals surface area contributed by atoms with Gasteiger partial charge in [0.1, 0.15) is 0 Å². The van der Waals surface area contributed by atoms with Crippen LogP contribution in [0.3, 0.4) is 0 Å². The second-order valence-electron chi connectivity index (χ2n) is 2.39. The Morgan fingerprint density at radius 3 is 1.59 bits per heavy atom. The molecule has 3 nitrogen and oxygen atoms in total. The maximum atomic E-state index is 9.34. The van der Waals surface area contributed by atoms with Gasteiger partial charge in [0.2, 0.25) is 0 Å². The van der Waals surface area contributed by atoms with Crippen molar-refractivity contribution < 1.29 is 14.3 Å². The quantitative estimate of drug-likeness (QED) is 0.195. The molecule has 0 aliphatic rings. The predicted octanol–water partition coefficient (Wildman–Crippen LogP) is 5.87. The number of carbonyl (C=O) groups excluding carboxylic acids is 1. The summed E-state index contributed by atoms with van der Waals surface area (Å²) in [5.41, 5.74) is 0. The highest BCUT2D eigenvalue weighted by Crippen LogP contribution is 2.30. The van der Waals surface area contributed by atoms with Crippen molar-refractivity contribution in [3.05, 3.63) is 34.5 Å². The van der Waals surface area contributed by atoms with E-state index in [1.165, 1.54) is 6.26 Å². The van der Waals surface area contributed by atoms with Gasteiger partial charge < -0.3 is 9.47 Å². The zero-order chi connectivity index (χ0) is 18.8. The molecule has 22 heavy (non-hydrogen) atoms. The van der Waals surface area contributed by atoms with E-state index in [-0.39, 0.29) is 0 Å². The molecule has 0 saturated carbocycles. The average molecular weight is 389 g/mol. The van der Waals surface area contributed by atoms with Crippen LogP contribution in [-0.4, -0.2) is 32.7 Å². The van der Waals surface area contributed by atoms with Crippen LogP contribution in [0.15, 0.2) is 34.5 Å². The number of thiol groups is 2. The van der Waals surface area contributed by atoms with E-state index < -0.39 is 0 Å². The Morgan fingerprint density at radius 2 is 1.55 bits per heavy atom. The van der Waals surface area contributed by atoms with Gasteiger partial charge in [-0.3, -0.25) is 4.79 Å². The van der Waals surface area contributed by atoms with Crippen LogP contribution in [-0.2, 0) is 14.3 Å². The molecule has 0 unspecified atom stereocenters. The molecular formula is C15H32O3S4. The molecule has 0 spiro atoms. The van der Waals surface area contributed by atoms with Crippen LogP contribution >= 0.6 is 48.8 Å². The summed E-state index contributed by atoms with van der Waals surface area (Å²) in [5.74, 6) is 0. The Hall–Kier alpha value is -0.110. The van der Waals surface area contributed by atoms with Crippen molar-refractivity contribution in [2.45, 2.75) is 27.2 Å². The number of carbonyl (C=O) groups is 1. The Morgan fingerprint density at radius 1 is 1.18 bits per heavy atom. The van der Waals surface area contributed by atoms with Gasteiger partial charge in [0.05, 0.1) is 28.5 Å². The van der Waals surface area contributed by atoms with Crippen LogP contribution in [0.2, 0.25) is 0 Å². The third-order valence-electron chi connectivity index (χ3n) is 1.11. The second kappa shape index (κ2) is 42.8. The summed E-state index contributed by atoms with van der Waals surface area (Å²) >= 11 is 11.4. The molecule has 0 amide bonds. The maximum absolute atomic E-state index is 9.34. The number of hydrogen-bond donors (Lipinski definition) is 2. The molecule has 0 bridgehead atoms. The number of rotatable bonds is 6. The molecule has 0 fully saturated rings. The normalized spacial score (nSPS) is 6.73. The Labute approximate surface area is 157 Å². The minimum atomic E-state index is 0.462. The molecule has 0 saturated heterocycles. The highest BCUT2D eigenvalue weighted by Gasteiger charge is 1.93. The highest BCUT2D eigenvalue weighted by atomic mass is 32.2. The Balaban J connectivity index is -0.0000000612. The van der Waals surface area contributed by atoms with Crippen molar-refractivity contribution in [3.63, 3.8) is 0 Å². The SMILES string of the molecule is C=C.C=COC.CC.CCCOC=O.CSC(SC)=C(S)S. The summed E-state index contributed by atoms with van der Waals surface area (Å²) in [5, 5.41) is 0. The molecule has 0 radical (unpaired) electrons. The van der Waals surface area contributed by atoms with E-state index in [4.69, 9.17) is 0 Å². The molecule has 0 aliphatic carbocycles. The minimum absolute atomic E-state index is 0.462. The molecule has 0 aromatic heterocycles. The van der Waals surface area contributed by atoms with Gasteiger partial charge in [-0.15, -0.1) is 61.9 Å². The number of thioether (sulfide) groups is 2. The fourth-order valence-corrected chi connectivity index (χ4v) is 2.56. The molecule has 0 atom stereocenters. The van der Waals surface area contributed by atoms with Crippen LogP contribution in [0, 0.1) is 0 Å². The van der Waals surface area contributed by atoms with E-state index in [1.807, 2.05) is 33.3 Å². The molecule has 0 heterocycles. The standard InChI is InChI=1S/C4H8O2.C4H8S4.C3H6O.C2H6.C2H4/c1-2-3-6-4-5;1-7-4(8-2)3(5)6;1-3-4-2;2*1-2/h4H,2-3H2,1H3;5-6H,1-2H3;3H,1H2,2H3;1-2H3;1-2H2. The van der Waals surface area contributed by atoms with Gasteiger partial charge in [0.15, 0.2) is 0 Å². The highest BCUT2D eigenvalue weighted by molar-refractivity contribution is 8.23. The van der Waals surface area contributed by atoms with Crippen LogP contribution in [0.1, 0.15) is 27.2 Å². The summed E-state index contributed by atoms with van der Waals surface area (Å²) < 4.78 is 10.6. The monoisotopic (exact) mass is 388 g/mol. The van der Waals surface area contributed by atoms with Crippen molar-refractivity contribution in [1.29, 1.82) is 0 Å². The molecule has 0 N–H and O–H groups in total. The van der Waals surface area contributed by atoms with E-state index in [0.717, 1.165) is 14.9 Å². The molecule has 7 heteroatoms. The summed E-state index contributed by atoms with van der Waals surface area (Å²) in [6.45, 7) is 16.2. The van der Waals surface area contributed by atoms with Gasteiger partial charge >= 0.3 is 0 Å². The Kier molecular flexibility index (Phi) is 65.2. The van der Waals surface area contributed by atoms with Crippen molar-refractivity contribution in [3.8, 4) is 0 Å². The van der Waals surface area contributed by atoms with E-state index >= 15 is 0 Å². The average Bonchev–Trinajstić information content (AvgIpc) is 2.58. The van der Waals surface area contributed by atoms with E-state index in [2.05, 4.69) is 54.5 Å². The Bertz CT molecular complexity index is 225. The predicted molar refractivity (Wildman–Crippen MR) is 114 cm³/mol. The summed E-state index contributed by atoms with van der Waals surface area (Å²) in [6.07, 6.45) is 6.30. The largest absolute Gasteiger partial charge is 0.505 e.